The number of carbonyl (C=O) groups excluding carboxylic acids is 1. The number of amides is 1. The molecule has 0 unspecified atom stereocenters. The molecule has 0 spiro atoms. The van der Waals surface area contributed by atoms with Gasteiger partial charge in [-0.05, 0) is 6.42 Å². The van der Waals surface area contributed by atoms with Gasteiger partial charge in [-0.3, -0.25) is 4.79 Å². The van der Waals surface area contributed by atoms with Crippen LogP contribution in [0.5, 0.6) is 0 Å². The molecule has 1 aromatic rings. The average molecular weight is 306 g/mol. The van der Waals surface area contributed by atoms with Gasteiger partial charge in [-0.1, -0.05) is 0 Å². The van der Waals surface area contributed by atoms with Crippen LogP contribution in [0.3, 0.4) is 0 Å². The second-order valence-electron chi connectivity index (χ2n) is 6.35. The Kier molecular flexibility index (Phi) is 3.44. The zero-order valence-corrected chi connectivity index (χ0v) is 12.3. The molecule has 22 heavy (non-hydrogen) atoms. The molecule has 0 saturated carbocycles. The Hall–Kier alpha value is -1.76. The lowest BCUT2D eigenvalue weighted by Crippen LogP contribution is -2.35. The van der Waals surface area contributed by atoms with E-state index in [1.54, 1.807) is 0 Å². The van der Waals surface area contributed by atoms with Gasteiger partial charge in [-0.25, -0.2) is 14.4 Å². The number of rotatable bonds is 3. The molecular weight excluding hydrogens is 287 g/mol. The molecule has 3 aliphatic heterocycles. The summed E-state index contributed by atoms with van der Waals surface area (Å²) in [5, 5.41) is 0. The Morgan fingerprint density at radius 1 is 1.32 bits per heavy atom. The Bertz CT molecular complexity index is 567. The van der Waals surface area contributed by atoms with E-state index >= 15 is 0 Å². The van der Waals surface area contributed by atoms with Gasteiger partial charge < -0.3 is 14.5 Å². The number of nitrogens with zero attached hydrogens (tertiary/aromatic N) is 4. The summed E-state index contributed by atoms with van der Waals surface area (Å²) < 4.78 is 18.8. The Labute approximate surface area is 128 Å². The standard InChI is InChI=1S/C15H19FN4O2/c16-11-4-17-15(18-5-11)20-7-12-10(9-22-13(12)8-20)6-19-3-1-2-14(19)21/h4-5,10,12-13H,1-3,6-9H2/t10-,12+,13+/m1/s1. The summed E-state index contributed by atoms with van der Waals surface area (Å²) in [7, 11) is 0. The fourth-order valence-corrected chi connectivity index (χ4v) is 3.80. The van der Waals surface area contributed by atoms with Gasteiger partial charge in [0.2, 0.25) is 11.9 Å². The van der Waals surface area contributed by atoms with E-state index < -0.39 is 5.82 Å². The van der Waals surface area contributed by atoms with Gasteiger partial charge >= 0.3 is 0 Å². The number of hydrogen-bond donors (Lipinski definition) is 0. The van der Waals surface area contributed by atoms with E-state index in [9.17, 15) is 9.18 Å². The maximum absolute atomic E-state index is 12.9. The van der Waals surface area contributed by atoms with Crippen molar-refractivity contribution in [2.75, 3.05) is 37.7 Å². The van der Waals surface area contributed by atoms with Gasteiger partial charge in [-0.15, -0.1) is 0 Å². The highest BCUT2D eigenvalue weighted by Crippen LogP contribution is 2.35. The van der Waals surface area contributed by atoms with Crippen LogP contribution in [0.1, 0.15) is 12.8 Å². The minimum absolute atomic E-state index is 0.163. The summed E-state index contributed by atoms with van der Waals surface area (Å²) in [4.78, 5) is 23.9. The molecule has 0 aromatic carbocycles. The summed E-state index contributed by atoms with van der Waals surface area (Å²) >= 11 is 0. The van der Waals surface area contributed by atoms with Crippen LogP contribution in [0.4, 0.5) is 10.3 Å². The number of aromatic nitrogens is 2. The Morgan fingerprint density at radius 3 is 2.86 bits per heavy atom. The third-order valence-corrected chi connectivity index (χ3v) is 4.95. The van der Waals surface area contributed by atoms with E-state index in [0.29, 0.717) is 24.2 Å². The predicted molar refractivity (Wildman–Crippen MR) is 76.7 cm³/mol. The number of carbonyl (C=O) groups is 1. The molecule has 7 heteroatoms. The fourth-order valence-electron chi connectivity index (χ4n) is 3.80. The molecule has 118 valence electrons. The smallest absolute Gasteiger partial charge is 0.225 e. The first kappa shape index (κ1) is 13.9. The highest BCUT2D eigenvalue weighted by atomic mass is 19.1. The first-order valence-electron chi connectivity index (χ1n) is 7.82. The number of hydrogen-bond acceptors (Lipinski definition) is 5. The molecule has 3 fully saturated rings. The summed E-state index contributed by atoms with van der Waals surface area (Å²) in [5.41, 5.74) is 0. The van der Waals surface area contributed by atoms with Gasteiger partial charge in [0.1, 0.15) is 0 Å². The van der Waals surface area contributed by atoms with E-state index in [1.807, 2.05) is 9.80 Å². The predicted octanol–water partition coefficient (Wildman–Crippen LogP) is 0.689. The SMILES string of the molecule is O=C1CCCN1C[C@@H]1CO[C@H]2CN(c3ncc(F)cn3)C[C@@H]12. The first-order valence-corrected chi connectivity index (χ1v) is 7.82. The van der Waals surface area contributed by atoms with E-state index in [2.05, 4.69) is 9.97 Å². The van der Waals surface area contributed by atoms with Crippen molar-refractivity contribution in [1.82, 2.24) is 14.9 Å². The van der Waals surface area contributed by atoms with Gasteiger partial charge in [0.05, 0.1) is 25.1 Å². The lowest BCUT2D eigenvalue weighted by molar-refractivity contribution is -0.128. The van der Waals surface area contributed by atoms with E-state index in [4.69, 9.17) is 4.74 Å². The third kappa shape index (κ3) is 2.43. The molecule has 1 amide bonds. The molecule has 6 nitrogen and oxygen atoms in total. The summed E-state index contributed by atoms with van der Waals surface area (Å²) in [6.07, 6.45) is 4.19. The van der Waals surface area contributed by atoms with Gasteiger partial charge in [0, 0.05) is 44.4 Å². The average Bonchev–Trinajstić information content (AvgIpc) is 3.18. The molecule has 3 atom stereocenters. The molecule has 0 aliphatic carbocycles. The van der Waals surface area contributed by atoms with Crippen LogP contribution < -0.4 is 4.90 Å². The van der Waals surface area contributed by atoms with Crippen molar-refractivity contribution in [2.24, 2.45) is 11.8 Å². The monoisotopic (exact) mass is 306 g/mol. The molecule has 3 saturated heterocycles. The molecular formula is C15H19FN4O2. The largest absolute Gasteiger partial charge is 0.376 e. The second kappa shape index (κ2) is 5.46. The number of likely N-dealkylation sites (tertiary alicyclic amines) is 1. The highest BCUT2D eigenvalue weighted by molar-refractivity contribution is 5.78. The minimum Gasteiger partial charge on any atom is -0.376 e. The van der Waals surface area contributed by atoms with Crippen LogP contribution in [-0.4, -0.2) is 59.7 Å². The second-order valence-corrected chi connectivity index (χ2v) is 6.35. The quantitative estimate of drug-likeness (QED) is 0.822. The molecule has 3 aliphatic rings. The zero-order valence-electron chi connectivity index (χ0n) is 12.3. The van der Waals surface area contributed by atoms with E-state index in [1.165, 1.54) is 12.4 Å². The maximum atomic E-state index is 12.9. The molecule has 0 N–H and O–H groups in total. The van der Waals surface area contributed by atoms with Crippen molar-refractivity contribution in [3.05, 3.63) is 18.2 Å². The number of fused-ring (bicyclic) bond motifs is 1. The van der Waals surface area contributed by atoms with Crippen molar-refractivity contribution in [2.45, 2.75) is 18.9 Å². The van der Waals surface area contributed by atoms with E-state index in [-0.39, 0.29) is 12.0 Å². The molecule has 4 heterocycles. The maximum Gasteiger partial charge on any atom is 0.225 e. The zero-order chi connectivity index (χ0) is 15.1. The first-order chi connectivity index (χ1) is 10.7. The van der Waals surface area contributed by atoms with Crippen molar-refractivity contribution in [3.63, 3.8) is 0 Å². The summed E-state index contributed by atoms with van der Waals surface area (Å²) in [5.74, 6) is 1.15. The van der Waals surface area contributed by atoms with Crippen molar-refractivity contribution in [3.8, 4) is 0 Å². The van der Waals surface area contributed by atoms with Crippen LogP contribution in [0.2, 0.25) is 0 Å². The topological polar surface area (TPSA) is 58.6 Å². The normalized spacial score (nSPS) is 31.1. The van der Waals surface area contributed by atoms with Crippen LogP contribution >= 0.6 is 0 Å². The molecule has 0 radical (unpaired) electrons. The molecule has 1 aromatic heterocycles. The van der Waals surface area contributed by atoms with E-state index in [0.717, 1.165) is 39.2 Å². The summed E-state index contributed by atoms with van der Waals surface area (Å²) in [6.45, 7) is 3.93. The number of ether oxygens (including phenoxy) is 1. The lowest BCUT2D eigenvalue weighted by atomic mass is 9.93. The van der Waals surface area contributed by atoms with Crippen LogP contribution in [0, 0.1) is 17.7 Å². The lowest BCUT2D eigenvalue weighted by Gasteiger charge is -2.24. The van der Waals surface area contributed by atoms with Gasteiger partial charge in [0.15, 0.2) is 5.82 Å². The fraction of sp³-hybridized carbons (Fsp3) is 0.667. The Morgan fingerprint density at radius 2 is 2.14 bits per heavy atom. The van der Waals surface area contributed by atoms with Gasteiger partial charge in [-0.2, -0.15) is 0 Å². The third-order valence-electron chi connectivity index (χ3n) is 4.95. The highest BCUT2D eigenvalue weighted by Gasteiger charge is 2.45. The molecule has 4 rings (SSSR count). The van der Waals surface area contributed by atoms with Crippen LogP contribution in [0.25, 0.3) is 0 Å². The van der Waals surface area contributed by atoms with Crippen LogP contribution in [0.15, 0.2) is 12.4 Å². The van der Waals surface area contributed by atoms with Crippen molar-refractivity contribution >= 4 is 11.9 Å². The van der Waals surface area contributed by atoms with Crippen molar-refractivity contribution < 1.29 is 13.9 Å². The summed E-state index contributed by atoms with van der Waals surface area (Å²) in [6, 6.07) is 0. The molecule has 0 bridgehead atoms. The minimum atomic E-state index is -0.426. The number of halogens is 1. The van der Waals surface area contributed by atoms with Crippen LogP contribution in [-0.2, 0) is 9.53 Å². The van der Waals surface area contributed by atoms with Crippen molar-refractivity contribution in [1.29, 1.82) is 0 Å². The van der Waals surface area contributed by atoms with Gasteiger partial charge in [0.25, 0.3) is 0 Å². The Balaban J connectivity index is 1.42. The number of anilines is 1.